The van der Waals surface area contributed by atoms with Gasteiger partial charge in [0.1, 0.15) is 0 Å². The summed E-state index contributed by atoms with van der Waals surface area (Å²) >= 11 is 5.76. The fraction of sp³-hybridized carbons (Fsp3) is 0.615. The Morgan fingerprint density at radius 3 is 2.90 bits per heavy atom. The van der Waals surface area contributed by atoms with Gasteiger partial charge in [-0.15, -0.1) is 0 Å². The number of nitrogens with zero attached hydrogens (tertiary/aromatic N) is 2. The number of hydrogen-bond donors (Lipinski definition) is 2. The van der Waals surface area contributed by atoms with Gasteiger partial charge in [0.25, 0.3) is 0 Å². The molecule has 0 aliphatic carbocycles. The predicted octanol–water partition coefficient (Wildman–Crippen LogP) is 2.07. The van der Waals surface area contributed by atoms with Crippen molar-refractivity contribution in [3.63, 3.8) is 0 Å². The summed E-state index contributed by atoms with van der Waals surface area (Å²) in [5.41, 5.74) is -0.140. The first-order valence-corrected chi connectivity index (χ1v) is 7.18. The van der Waals surface area contributed by atoms with Gasteiger partial charge in [0.05, 0.1) is 16.6 Å². The zero-order valence-corrected chi connectivity index (χ0v) is 12.7. The van der Waals surface area contributed by atoms with Crippen molar-refractivity contribution < 1.29 is 9.66 Å². The summed E-state index contributed by atoms with van der Waals surface area (Å²) in [6.45, 7) is 3.03. The number of aromatic nitrogens is 1. The summed E-state index contributed by atoms with van der Waals surface area (Å²) in [4.78, 5) is 14.6. The van der Waals surface area contributed by atoms with E-state index < -0.39 is 4.92 Å². The second kappa shape index (κ2) is 7.02. The van der Waals surface area contributed by atoms with E-state index in [4.69, 9.17) is 16.3 Å². The summed E-state index contributed by atoms with van der Waals surface area (Å²) in [6, 6.07) is 1.31. The van der Waals surface area contributed by atoms with Crippen LogP contribution in [0.2, 0.25) is 5.02 Å². The molecule has 0 bridgehead atoms. The average Bonchev–Trinajstić information content (AvgIpc) is 2.47. The van der Waals surface area contributed by atoms with Crippen LogP contribution in [-0.2, 0) is 4.74 Å². The second-order valence-electron chi connectivity index (χ2n) is 5.31. The molecule has 0 saturated carbocycles. The van der Waals surface area contributed by atoms with Crippen LogP contribution >= 0.6 is 11.6 Å². The SMILES string of the molecule is COCC1(CNc2ncc(Cl)cc2[N+](=O)[O-])CCNCC1. The van der Waals surface area contributed by atoms with E-state index in [0.717, 1.165) is 25.9 Å². The number of nitro groups is 1. The van der Waals surface area contributed by atoms with E-state index in [2.05, 4.69) is 15.6 Å². The molecule has 0 unspecified atom stereocenters. The number of ether oxygens (including phenoxy) is 1. The number of rotatable bonds is 6. The molecule has 1 aliphatic rings. The molecular formula is C13H19ClN4O3. The van der Waals surface area contributed by atoms with Crippen LogP contribution < -0.4 is 10.6 Å². The molecule has 0 radical (unpaired) electrons. The standard InChI is InChI=1S/C13H19ClN4O3/c1-21-9-13(2-4-15-5-3-13)8-17-12-11(18(19)20)6-10(14)7-16-12/h6-7,15H,2-5,8-9H2,1H3,(H,16,17). The van der Waals surface area contributed by atoms with Crippen LogP contribution in [0.3, 0.4) is 0 Å². The van der Waals surface area contributed by atoms with Gasteiger partial charge in [-0.1, -0.05) is 11.6 Å². The fourth-order valence-electron chi connectivity index (χ4n) is 2.61. The number of halogens is 1. The van der Waals surface area contributed by atoms with E-state index in [1.807, 2.05) is 0 Å². The van der Waals surface area contributed by atoms with Gasteiger partial charge in [0.2, 0.25) is 5.82 Å². The summed E-state index contributed by atoms with van der Waals surface area (Å²) in [7, 11) is 1.67. The van der Waals surface area contributed by atoms with Crippen molar-refractivity contribution in [2.24, 2.45) is 5.41 Å². The van der Waals surface area contributed by atoms with Gasteiger partial charge in [-0.05, 0) is 25.9 Å². The molecule has 0 amide bonds. The average molecular weight is 315 g/mol. The van der Waals surface area contributed by atoms with Gasteiger partial charge in [0, 0.05) is 31.3 Å². The lowest BCUT2D eigenvalue weighted by atomic mass is 9.79. The fourth-order valence-corrected chi connectivity index (χ4v) is 2.76. The number of pyridine rings is 1. The Morgan fingerprint density at radius 2 is 2.29 bits per heavy atom. The highest BCUT2D eigenvalue weighted by Crippen LogP contribution is 2.31. The summed E-state index contributed by atoms with van der Waals surface area (Å²) in [6.07, 6.45) is 3.31. The molecule has 8 heteroatoms. The van der Waals surface area contributed by atoms with Crippen molar-refractivity contribution in [2.75, 3.05) is 38.7 Å². The van der Waals surface area contributed by atoms with Gasteiger partial charge in [0.15, 0.2) is 0 Å². The van der Waals surface area contributed by atoms with Gasteiger partial charge < -0.3 is 15.4 Å². The molecule has 116 valence electrons. The third kappa shape index (κ3) is 4.03. The van der Waals surface area contributed by atoms with E-state index in [1.165, 1.54) is 12.3 Å². The van der Waals surface area contributed by atoms with Gasteiger partial charge in [-0.2, -0.15) is 0 Å². The second-order valence-corrected chi connectivity index (χ2v) is 5.75. The van der Waals surface area contributed by atoms with Crippen LogP contribution in [-0.4, -0.2) is 43.3 Å². The van der Waals surface area contributed by atoms with Crippen LogP contribution in [0.15, 0.2) is 12.3 Å². The van der Waals surface area contributed by atoms with Crippen molar-refractivity contribution in [3.05, 3.63) is 27.4 Å². The molecule has 1 saturated heterocycles. The molecule has 1 aromatic rings. The molecule has 21 heavy (non-hydrogen) atoms. The minimum absolute atomic E-state index is 0.0326. The van der Waals surface area contributed by atoms with Crippen LogP contribution in [0.25, 0.3) is 0 Å². The smallest absolute Gasteiger partial charge is 0.312 e. The lowest BCUT2D eigenvalue weighted by Gasteiger charge is -2.37. The van der Waals surface area contributed by atoms with Crippen molar-refractivity contribution >= 4 is 23.1 Å². The number of nitrogens with one attached hydrogen (secondary N) is 2. The Bertz CT molecular complexity index is 501. The summed E-state index contributed by atoms with van der Waals surface area (Å²) in [5, 5.41) is 17.7. The number of anilines is 1. The molecule has 2 heterocycles. The van der Waals surface area contributed by atoms with Gasteiger partial charge >= 0.3 is 5.69 Å². The maximum atomic E-state index is 11.1. The first kappa shape index (κ1) is 15.9. The third-order valence-corrected chi connectivity index (χ3v) is 3.98. The van der Waals surface area contributed by atoms with Crippen molar-refractivity contribution in [2.45, 2.75) is 12.8 Å². The van der Waals surface area contributed by atoms with Crippen molar-refractivity contribution in [1.29, 1.82) is 0 Å². The van der Waals surface area contributed by atoms with Crippen molar-refractivity contribution in [3.8, 4) is 0 Å². The highest BCUT2D eigenvalue weighted by molar-refractivity contribution is 6.30. The molecule has 1 fully saturated rings. The largest absolute Gasteiger partial charge is 0.384 e. The van der Waals surface area contributed by atoms with Crippen LogP contribution in [0.5, 0.6) is 0 Å². The molecule has 2 rings (SSSR count). The number of methoxy groups -OCH3 is 1. The molecule has 2 N–H and O–H groups in total. The maximum Gasteiger partial charge on any atom is 0.312 e. The number of piperidine rings is 1. The lowest BCUT2D eigenvalue weighted by molar-refractivity contribution is -0.384. The Balaban J connectivity index is 2.12. The van der Waals surface area contributed by atoms with Gasteiger partial charge in [-0.25, -0.2) is 4.98 Å². The van der Waals surface area contributed by atoms with Crippen LogP contribution in [0, 0.1) is 15.5 Å². The molecule has 1 aliphatic heterocycles. The van der Waals surface area contributed by atoms with Crippen LogP contribution in [0.4, 0.5) is 11.5 Å². The highest BCUT2D eigenvalue weighted by atomic mass is 35.5. The minimum atomic E-state index is -0.480. The van der Waals surface area contributed by atoms with E-state index in [9.17, 15) is 10.1 Å². The molecule has 0 aromatic carbocycles. The topological polar surface area (TPSA) is 89.3 Å². The minimum Gasteiger partial charge on any atom is -0.384 e. The van der Waals surface area contributed by atoms with Crippen molar-refractivity contribution in [1.82, 2.24) is 10.3 Å². The predicted molar refractivity (Wildman–Crippen MR) is 80.8 cm³/mol. The molecular weight excluding hydrogens is 296 g/mol. The Hall–Kier alpha value is -1.44. The van der Waals surface area contributed by atoms with Gasteiger partial charge in [-0.3, -0.25) is 10.1 Å². The zero-order chi connectivity index (χ0) is 15.3. The monoisotopic (exact) mass is 314 g/mol. The Morgan fingerprint density at radius 1 is 1.57 bits per heavy atom. The molecule has 0 atom stereocenters. The summed E-state index contributed by atoms with van der Waals surface area (Å²) < 4.78 is 5.33. The Labute approximate surface area is 128 Å². The lowest BCUT2D eigenvalue weighted by Crippen LogP contribution is -2.44. The van der Waals surface area contributed by atoms with E-state index >= 15 is 0 Å². The van der Waals surface area contributed by atoms with E-state index in [-0.39, 0.29) is 21.9 Å². The first-order valence-electron chi connectivity index (χ1n) is 6.80. The normalized spacial score (nSPS) is 17.4. The van der Waals surface area contributed by atoms with Crippen LogP contribution in [0.1, 0.15) is 12.8 Å². The Kier molecular flexibility index (Phi) is 5.33. The molecule has 7 nitrogen and oxygen atoms in total. The molecule has 0 spiro atoms. The van der Waals surface area contributed by atoms with E-state index in [0.29, 0.717) is 13.2 Å². The maximum absolute atomic E-state index is 11.1. The number of hydrogen-bond acceptors (Lipinski definition) is 6. The van der Waals surface area contributed by atoms with E-state index in [1.54, 1.807) is 7.11 Å². The summed E-state index contributed by atoms with van der Waals surface area (Å²) in [5.74, 6) is 0.249. The first-order chi connectivity index (χ1) is 10.1. The highest BCUT2D eigenvalue weighted by Gasteiger charge is 2.32. The molecule has 1 aromatic heterocycles. The third-order valence-electron chi connectivity index (χ3n) is 3.78. The zero-order valence-electron chi connectivity index (χ0n) is 11.9. The quantitative estimate of drug-likeness (QED) is 0.617.